The van der Waals surface area contributed by atoms with Crippen LogP contribution in [0.15, 0.2) is 30.3 Å². The molecule has 0 bridgehead atoms. The fraction of sp³-hybridized carbons (Fsp3) is 0.333. The van der Waals surface area contributed by atoms with Gasteiger partial charge in [-0.1, -0.05) is 18.2 Å². The number of para-hydroxylation sites is 1. The predicted molar refractivity (Wildman–Crippen MR) is 71.6 cm³/mol. The van der Waals surface area contributed by atoms with Crippen LogP contribution in [-0.2, 0) is 0 Å². The molecule has 88 valence electrons. The average molecular weight is 246 g/mol. The van der Waals surface area contributed by atoms with Crippen LogP contribution < -0.4 is 10.2 Å². The number of anilines is 1. The zero-order valence-electron chi connectivity index (χ0n) is 9.47. The van der Waals surface area contributed by atoms with Gasteiger partial charge < -0.3 is 9.80 Å². The van der Waals surface area contributed by atoms with Gasteiger partial charge in [0, 0.05) is 31.9 Å². The second-order valence-corrected chi connectivity index (χ2v) is 4.24. The van der Waals surface area contributed by atoms with Gasteiger partial charge in [0.1, 0.15) is 0 Å². The van der Waals surface area contributed by atoms with E-state index in [1.165, 1.54) is 5.69 Å². The van der Waals surface area contributed by atoms with E-state index in [1.807, 2.05) is 29.3 Å². The second-order valence-electron chi connectivity index (χ2n) is 3.85. The van der Waals surface area contributed by atoms with Crippen molar-refractivity contribution < 1.29 is 0 Å². The highest BCUT2D eigenvalue weighted by molar-refractivity contribution is 7.80. The van der Waals surface area contributed by atoms with Crippen LogP contribution >= 0.6 is 12.2 Å². The van der Waals surface area contributed by atoms with Gasteiger partial charge in [0.15, 0.2) is 11.3 Å². The van der Waals surface area contributed by atoms with E-state index in [4.69, 9.17) is 17.5 Å². The van der Waals surface area contributed by atoms with Crippen LogP contribution in [0.25, 0.3) is 0 Å². The highest BCUT2D eigenvalue weighted by atomic mass is 32.1. The fourth-order valence-corrected chi connectivity index (χ4v) is 2.16. The van der Waals surface area contributed by atoms with Gasteiger partial charge in [-0.05, 0) is 24.4 Å². The molecule has 1 saturated heterocycles. The summed E-state index contributed by atoms with van der Waals surface area (Å²) in [7, 11) is 0. The first-order chi connectivity index (χ1) is 8.31. The number of hydrogen-bond acceptors (Lipinski definition) is 3. The standard InChI is InChI=1S/C12H14N4S/c13-10-14-12(17)16-8-6-15(7-9-16)11-4-2-1-3-5-11/h1-5H,6-9H2,(H,14,17). The molecule has 1 aromatic carbocycles. The lowest BCUT2D eigenvalue weighted by Gasteiger charge is -2.36. The number of nitriles is 1. The third-order valence-corrected chi connectivity index (χ3v) is 3.21. The Bertz CT molecular complexity index is 418. The van der Waals surface area contributed by atoms with Crippen molar-refractivity contribution in [2.45, 2.75) is 0 Å². The Morgan fingerprint density at radius 1 is 1.18 bits per heavy atom. The molecule has 0 spiro atoms. The van der Waals surface area contributed by atoms with Crippen molar-refractivity contribution in [1.82, 2.24) is 10.2 Å². The Labute approximate surface area is 106 Å². The summed E-state index contributed by atoms with van der Waals surface area (Å²) in [5, 5.41) is 11.6. The lowest BCUT2D eigenvalue weighted by Crippen LogP contribution is -2.51. The van der Waals surface area contributed by atoms with Crippen LogP contribution in [0, 0.1) is 11.5 Å². The third-order valence-electron chi connectivity index (χ3n) is 2.85. The zero-order valence-corrected chi connectivity index (χ0v) is 10.3. The number of thiocarbonyl (C=S) groups is 1. The number of benzene rings is 1. The van der Waals surface area contributed by atoms with Crippen molar-refractivity contribution in [3.8, 4) is 6.19 Å². The van der Waals surface area contributed by atoms with Gasteiger partial charge in [0.25, 0.3) is 0 Å². The number of nitrogens with zero attached hydrogens (tertiary/aromatic N) is 3. The van der Waals surface area contributed by atoms with Crippen molar-refractivity contribution in [1.29, 1.82) is 5.26 Å². The van der Waals surface area contributed by atoms with Crippen molar-refractivity contribution in [3.63, 3.8) is 0 Å². The minimum Gasteiger partial charge on any atom is -0.368 e. The summed E-state index contributed by atoms with van der Waals surface area (Å²) >= 11 is 5.10. The summed E-state index contributed by atoms with van der Waals surface area (Å²) in [5.74, 6) is 0. The van der Waals surface area contributed by atoms with E-state index in [0.29, 0.717) is 5.11 Å². The Balaban J connectivity index is 1.91. The molecule has 0 radical (unpaired) electrons. The molecule has 0 unspecified atom stereocenters. The minimum atomic E-state index is 0.528. The number of piperazine rings is 1. The van der Waals surface area contributed by atoms with E-state index in [1.54, 1.807) is 0 Å². The van der Waals surface area contributed by atoms with E-state index in [2.05, 4.69) is 22.3 Å². The first kappa shape index (κ1) is 11.7. The molecule has 1 N–H and O–H groups in total. The fourth-order valence-electron chi connectivity index (χ4n) is 1.93. The van der Waals surface area contributed by atoms with Gasteiger partial charge in [-0.15, -0.1) is 0 Å². The quantitative estimate of drug-likeness (QED) is 0.457. The Morgan fingerprint density at radius 3 is 2.41 bits per heavy atom. The maximum atomic E-state index is 8.51. The maximum Gasteiger partial charge on any atom is 0.183 e. The van der Waals surface area contributed by atoms with E-state index in [9.17, 15) is 0 Å². The SMILES string of the molecule is N#CNC(=S)N1CCN(c2ccccc2)CC1. The molecule has 1 heterocycles. The van der Waals surface area contributed by atoms with Gasteiger partial charge >= 0.3 is 0 Å². The van der Waals surface area contributed by atoms with Gasteiger partial charge in [0.05, 0.1) is 0 Å². The van der Waals surface area contributed by atoms with Crippen LogP contribution in [-0.4, -0.2) is 36.2 Å². The van der Waals surface area contributed by atoms with Gasteiger partial charge in [0.2, 0.25) is 0 Å². The molecule has 0 saturated carbocycles. The van der Waals surface area contributed by atoms with Gasteiger partial charge in [-0.2, -0.15) is 5.26 Å². The van der Waals surface area contributed by atoms with Gasteiger partial charge in [-0.25, -0.2) is 0 Å². The molecule has 1 aliphatic rings. The summed E-state index contributed by atoms with van der Waals surface area (Å²) in [6, 6.07) is 10.3. The minimum absolute atomic E-state index is 0.528. The van der Waals surface area contributed by atoms with Crippen LogP contribution in [0.4, 0.5) is 5.69 Å². The molecule has 17 heavy (non-hydrogen) atoms. The summed E-state index contributed by atoms with van der Waals surface area (Å²) in [5.41, 5.74) is 1.24. The molecule has 0 aromatic heterocycles. The van der Waals surface area contributed by atoms with Gasteiger partial charge in [-0.3, -0.25) is 5.32 Å². The van der Waals surface area contributed by atoms with Crippen LogP contribution in [0.3, 0.4) is 0 Å². The van der Waals surface area contributed by atoms with Crippen molar-refractivity contribution in [3.05, 3.63) is 30.3 Å². The topological polar surface area (TPSA) is 42.3 Å². The van der Waals surface area contributed by atoms with Crippen molar-refractivity contribution in [2.24, 2.45) is 0 Å². The lowest BCUT2D eigenvalue weighted by molar-refractivity contribution is 0.384. The molecule has 0 amide bonds. The molecule has 1 aromatic rings. The normalized spacial score (nSPS) is 15.2. The highest BCUT2D eigenvalue weighted by Crippen LogP contribution is 2.15. The summed E-state index contributed by atoms with van der Waals surface area (Å²) < 4.78 is 0. The molecule has 1 fully saturated rings. The predicted octanol–water partition coefficient (Wildman–Crippen LogP) is 1.16. The Morgan fingerprint density at radius 2 is 1.82 bits per heavy atom. The summed E-state index contributed by atoms with van der Waals surface area (Å²) in [6.07, 6.45) is 1.86. The van der Waals surface area contributed by atoms with E-state index in [-0.39, 0.29) is 0 Å². The molecule has 0 atom stereocenters. The molecule has 4 nitrogen and oxygen atoms in total. The van der Waals surface area contributed by atoms with Crippen LogP contribution in [0.2, 0.25) is 0 Å². The number of hydrogen-bond donors (Lipinski definition) is 1. The third kappa shape index (κ3) is 2.86. The second kappa shape index (κ2) is 5.51. The summed E-state index contributed by atoms with van der Waals surface area (Å²) in [4.78, 5) is 4.35. The monoisotopic (exact) mass is 246 g/mol. The first-order valence-electron chi connectivity index (χ1n) is 5.55. The largest absolute Gasteiger partial charge is 0.368 e. The molecule has 2 rings (SSSR count). The molecule has 1 aliphatic heterocycles. The molecular formula is C12H14N4S. The lowest BCUT2D eigenvalue weighted by atomic mass is 10.2. The zero-order chi connectivity index (χ0) is 12.1. The smallest absolute Gasteiger partial charge is 0.183 e. The Kier molecular flexibility index (Phi) is 3.78. The van der Waals surface area contributed by atoms with Crippen LogP contribution in [0.5, 0.6) is 0 Å². The number of rotatable bonds is 1. The highest BCUT2D eigenvalue weighted by Gasteiger charge is 2.18. The van der Waals surface area contributed by atoms with Crippen molar-refractivity contribution >= 4 is 23.0 Å². The van der Waals surface area contributed by atoms with E-state index >= 15 is 0 Å². The van der Waals surface area contributed by atoms with E-state index in [0.717, 1.165) is 26.2 Å². The number of nitrogens with one attached hydrogen (secondary N) is 1. The molecule has 0 aliphatic carbocycles. The Hall–Kier alpha value is -1.80. The average Bonchev–Trinajstić information content (AvgIpc) is 2.40. The maximum absolute atomic E-state index is 8.51. The van der Waals surface area contributed by atoms with Crippen LogP contribution in [0.1, 0.15) is 0 Å². The van der Waals surface area contributed by atoms with E-state index < -0.39 is 0 Å². The summed E-state index contributed by atoms with van der Waals surface area (Å²) in [6.45, 7) is 3.55. The van der Waals surface area contributed by atoms with Crippen molar-refractivity contribution in [2.75, 3.05) is 31.1 Å². The first-order valence-corrected chi connectivity index (χ1v) is 5.96. The molecule has 5 heteroatoms. The molecular weight excluding hydrogens is 232 g/mol.